The number of ether oxygens (including phenoxy) is 1. The first-order chi connectivity index (χ1) is 7.22. The number of amides is 1. The highest BCUT2D eigenvalue weighted by Gasteiger charge is 2.39. The molecule has 18 heavy (non-hydrogen) atoms. The summed E-state index contributed by atoms with van der Waals surface area (Å²) in [5.41, 5.74) is -0.544. The standard InChI is InChI=1S/C11H19NO4.2H2S/c1-7-8(9(13)14)5-6-12(7)10(15)16-11(2,3)4;;/h7-8H,5-6H2,1-4H3,(H,13,14);2*1H2/t7-,8-;;/m0../s1. The lowest BCUT2D eigenvalue weighted by Crippen LogP contribution is -2.41. The van der Waals surface area contributed by atoms with Crippen molar-refractivity contribution in [3.05, 3.63) is 0 Å². The molecule has 2 atom stereocenters. The van der Waals surface area contributed by atoms with Crippen LogP contribution in [0.5, 0.6) is 0 Å². The number of carboxylic acid groups (broad SMARTS) is 1. The van der Waals surface area contributed by atoms with Crippen molar-refractivity contribution >= 4 is 39.1 Å². The molecular formula is C11H23NO4S2. The Bertz CT molecular complexity index is 304. The summed E-state index contributed by atoms with van der Waals surface area (Å²) in [5, 5.41) is 8.94. The zero-order valence-corrected chi connectivity index (χ0v) is 13.2. The van der Waals surface area contributed by atoms with Crippen LogP contribution in [0.1, 0.15) is 34.1 Å². The molecular weight excluding hydrogens is 274 g/mol. The predicted octanol–water partition coefficient (Wildman–Crippen LogP) is 1.94. The van der Waals surface area contributed by atoms with Crippen LogP contribution in [0.2, 0.25) is 0 Å². The first kappa shape index (κ1) is 19.8. The van der Waals surface area contributed by atoms with Gasteiger partial charge in [-0.25, -0.2) is 4.79 Å². The predicted molar refractivity (Wildman–Crippen MR) is 78.9 cm³/mol. The molecule has 0 bridgehead atoms. The monoisotopic (exact) mass is 297 g/mol. The summed E-state index contributed by atoms with van der Waals surface area (Å²) in [5.74, 6) is -1.33. The fourth-order valence-electron chi connectivity index (χ4n) is 1.85. The van der Waals surface area contributed by atoms with E-state index >= 15 is 0 Å². The molecule has 0 unspecified atom stereocenters. The minimum atomic E-state index is -0.849. The Morgan fingerprint density at radius 1 is 1.28 bits per heavy atom. The Morgan fingerprint density at radius 3 is 2.11 bits per heavy atom. The van der Waals surface area contributed by atoms with Crippen molar-refractivity contribution in [2.75, 3.05) is 6.54 Å². The summed E-state index contributed by atoms with van der Waals surface area (Å²) in [4.78, 5) is 24.1. The third-order valence-electron chi connectivity index (χ3n) is 2.70. The summed E-state index contributed by atoms with van der Waals surface area (Å²) < 4.78 is 5.21. The van der Waals surface area contributed by atoms with Crippen LogP contribution in [-0.2, 0) is 9.53 Å². The molecule has 7 heteroatoms. The van der Waals surface area contributed by atoms with E-state index in [1.165, 1.54) is 4.90 Å². The molecule has 1 heterocycles. The van der Waals surface area contributed by atoms with Gasteiger partial charge >= 0.3 is 12.1 Å². The van der Waals surface area contributed by atoms with E-state index in [1.54, 1.807) is 27.7 Å². The van der Waals surface area contributed by atoms with Gasteiger partial charge in [0.2, 0.25) is 0 Å². The van der Waals surface area contributed by atoms with Gasteiger partial charge in [0.1, 0.15) is 5.60 Å². The van der Waals surface area contributed by atoms with Gasteiger partial charge in [-0.1, -0.05) is 0 Å². The SMILES string of the molecule is C[C@H]1[C@@H](C(=O)O)CCN1C(=O)OC(C)(C)C.S.S. The van der Waals surface area contributed by atoms with Crippen LogP contribution in [0.3, 0.4) is 0 Å². The lowest BCUT2D eigenvalue weighted by atomic mass is 10.0. The van der Waals surface area contributed by atoms with E-state index in [-0.39, 0.29) is 33.0 Å². The highest BCUT2D eigenvalue weighted by Crippen LogP contribution is 2.26. The summed E-state index contributed by atoms with van der Waals surface area (Å²) in [7, 11) is 0. The first-order valence-electron chi connectivity index (χ1n) is 5.45. The van der Waals surface area contributed by atoms with Gasteiger partial charge in [0.25, 0.3) is 0 Å². The molecule has 0 aliphatic carbocycles. The van der Waals surface area contributed by atoms with Crippen LogP contribution in [0.15, 0.2) is 0 Å². The Balaban J connectivity index is 0. The van der Waals surface area contributed by atoms with Crippen molar-refractivity contribution < 1.29 is 19.4 Å². The second kappa shape index (κ2) is 7.13. The molecule has 0 radical (unpaired) electrons. The van der Waals surface area contributed by atoms with E-state index in [0.29, 0.717) is 13.0 Å². The quantitative estimate of drug-likeness (QED) is 0.803. The lowest BCUT2D eigenvalue weighted by Gasteiger charge is -2.27. The number of hydrogen-bond donors (Lipinski definition) is 1. The Labute approximate surface area is 122 Å². The topological polar surface area (TPSA) is 66.8 Å². The molecule has 0 saturated carbocycles. The number of carbonyl (C=O) groups is 2. The van der Waals surface area contributed by atoms with Crippen LogP contribution in [0.4, 0.5) is 4.79 Å². The molecule has 108 valence electrons. The van der Waals surface area contributed by atoms with Crippen molar-refractivity contribution in [1.29, 1.82) is 0 Å². The van der Waals surface area contributed by atoms with Gasteiger partial charge in [-0.15, -0.1) is 0 Å². The molecule has 1 aliphatic heterocycles. The number of hydrogen-bond acceptors (Lipinski definition) is 3. The van der Waals surface area contributed by atoms with E-state index in [2.05, 4.69) is 0 Å². The van der Waals surface area contributed by atoms with E-state index in [4.69, 9.17) is 9.84 Å². The van der Waals surface area contributed by atoms with Crippen LogP contribution >= 0.6 is 27.0 Å². The summed E-state index contributed by atoms with van der Waals surface area (Å²) >= 11 is 0. The maximum atomic E-state index is 11.8. The molecule has 5 nitrogen and oxygen atoms in total. The summed E-state index contributed by atoms with van der Waals surface area (Å²) in [6.45, 7) is 7.57. The fraction of sp³-hybridized carbons (Fsp3) is 0.818. The Hall–Kier alpha value is -0.560. The Kier molecular flexibility index (Phi) is 7.84. The van der Waals surface area contributed by atoms with Crippen molar-refractivity contribution in [3.8, 4) is 0 Å². The molecule has 1 fully saturated rings. The van der Waals surface area contributed by atoms with Crippen LogP contribution in [0.25, 0.3) is 0 Å². The van der Waals surface area contributed by atoms with Gasteiger partial charge in [-0.3, -0.25) is 4.79 Å². The van der Waals surface area contributed by atoms with E-state index in [1.807, 2.05) is 0 Å². The molecule has 0 aromatic carbocycles. The highest BCUT2D eigenvalue weighted by molar-refractivity contribution is 7.59. The average Bonchev–Trinajstić information content (AvgIpc) is 2.43. The van der Waals surface area contributed by atoms with Gasteiger partial charge in [0.15, 0.2) is 0 Å². The normalized spacial score (nSPS) is 22.8. The van der Waals surface area contributed by atoms with Crippen molar-refractivity contribution in [3.63, 3.8) is 0 Å². The van der Waals surface area contributed by atoms with Crippen LogP contribution < -0.4 is 0 Å². The largest absolute Gasteiger partial charge is 0.481 e. The van der Waals surface area contributed by atoms with E-state index in [0.717, 1.165) is 0 Å². The molecule has 1 N–H and O–H groups in total. The van der Waals surface area contributed by atoms with Crippen LogP contribution in [-0.4, -0.2) is 40.3 Å². The zero-order valence-electron chi connectivity index (χ0n) is 11.2. The minimum absolute atomic E-state index is 0. The van der Waals surface area contributed by atoms with E-state index < -0.39 is 23.6 Å². The van der Waals surface area contributed by atoms with Crippen LogP contribution in [0, 0.1) is 5.92 Å². The number of carbonyl (C=O) groups excluding carboxylic acids is 1. The van der Waals surface area contributed by atoms with Crippen molar-refractivity contribution in [2.24, 2.45) is 5.92 Å². The van der Waals surface area contributed by atoms with Crippen molar-refractivity contribution in [1.82, 2.24) is 4.90 Å². The molecule has 0 aromatic rings. The highest BCUT2D eigenvalue weighted by atomic mass is 32.1. The van der Waals surface area contributed by atoms with Gasteiger partial charge in [0, 0.05) is 12.6 Å². The van der Waals surface area contributed by atoms with E-state index in [9.17, 15) is 9.59 Å². The third-order valence-corrected chi connectivity index (χ3v) is 2.70. The third kappa shape index (κ3) is 4.97. The van der Waals surface area contributed by atoms with Gasteiger partial charge in [-0.2, -0.15) is 27.0 Å². The maximum Gasteiger partial charge on any atom is 0.410 e. The second-order valence-electron chi connectivity index (χ2n) is 5.15. The van der Waals surface area contributed by atoms with Crippen molar-refractivity contribution in [2.45, 2.75) is 45.8 Å². The molecule has 0 aromatic heterocycles. The second-order valence-corrected chi connectivity index (χ2v) is 5.15. The first-order valence-corrected chi connectivity index (χ1v) is 5.45. The molecule has 1 aliphatic rings. The van der Waals surface area contributed by atoms with Gasteiger partial charge < -0.3 is 14.7 Å². The number of nitrogens with zero attached hydrogens (tertiary/aromatic N) is 1. The average molecular weight is 297 g/mol. The van der Waals surface area contributed by atoms with Gasteiger partial charge in [0.05, 0.1) is 5.92 Å². The number of likely N-dealkylation sites (tertiary alicyclic amines) is 1. The number of aliphatic carboxylic acids is 1. The lowest BCUT2D eigenvalue weighted by molar-refractivity contribution is -0.142. The molecule has 1 rings (SSSR count). The maximum absolute atomic E-state index is 11.8. The zero-order chi connectivity index (χ0) is 12.5. The minimum Gasteiger partial charge on any atom is -0.481 e. The molecule has 1 saturated heterocycles. The number of rotatable bonds is 1. The number of carboxylic acids is 1. The fourth-order valence-corrected chi connectivity index (χ4v) is 1.85. The Morgan fingerprint density at radius 2 is 1.78 bits per heavy atom. The smallest absolute Gasteiger partial charge is 0.410 e. The molecule has 1 amide bonds. The summed E-state index contributed by atoms with van der Waals surface area (Å²) in [6.07, 6.45) is 0.0687. The molecule has 0 spiro atoms. The van der Waals surface area contributed by atoms with Gasteiger partial charge in [-0.05, 0) is 34.1 Å². The summed E-state index contributed by atoms with van der Waals surface area (Å²) in [6, 6.07) is -0.299.